The minimum absolute atomic E-state index is 0.00436. The number of carbonyl (C=O) groups excluding carboxylic acids is 3. The largest absolute Gasteiger partial charge is 0.505 e. The molecule has 3 N–H and O–H groups in total. The molecule has 1 heterocycles. The number of nitrogens with one attached hydrogen (secondary N) is 2. The van der Waals surface area contributed by atoms with Crippen LogP contribution in [0.3, 0.4) is 0 Å². The molecule has 8 heteroatoms. The van der Waals surface area contributed by atoms with E-state index < -0.39 is 11.8 Å². The summed E-state index contributed by atoms with van der Waals surface area (Å²) in [6.45, 7) is 8.01. The second-order valence-electron chi connectivity index (χ2n) is 9.29. The maximum absolute atomic E-state index is 13.4. The molecule has 0 saturated heterocycles. The molecule has 33 heavy (non-hydrogen) atoms. The smallest absolute Gasteiger partial charge is 0.284 e. The molecule has 1 atom stereocenters. The first-order valence-corrected chi connectivity index (χ1v) is 10.7. The second-order valence-corrected chi connectivity index (χ2v) is 9.29. The number of anilines is 2. The lowest BCUT2D eigenvalue weighted by atomic mass is 9.88. The van der Waals surface area contributed by atoms with Gasteiger partial charge in [-0.2, -0.15) is 0 Å². The van der Waals surface area contributed by atoms with Crippen LogP contribution in [0.4, 0.5) is 11.4 Å². The molecule has 2 aromatic rings. The van der Waals surface area contributed by atoms with Gasteiger partial charge in [-0.25, -0.2) is 4.90 Å². The van der Waals surface area contributed by atoms with Gasteiger partial charge in [0.2, 0.25) is 0 Å². The number of para-hydroxylation sites is 2. The normalized spacial score (nSPS) is 15.0. The number of hydrogen-bond acceptors (Lipinski definition) is 6. The van der Waals surface area contributed by atoms with Crippen LogP contribution < -0.4 is 15.5 Å². The van der Waals surface area contributed by atoms with E-state index in [4.69, 9.17) is 0 Å². The van der Waals surface area contributed by atoms with Gasteiger partial charge in [-0.1, -0.05) is 45.0 Å². The average molecular weight is 451 g/mol. The van der Waals surface area contributed by atoms with Gasteiger partial charge in [-0.3, -0.25) is 14.4 Å². The highest BCUT2D eigenvalue weighted by molar-refractivity contribution is 6.33. The highest BCUT2D eigenvalue weighted by Crippen LogP contribution is 2.33. The summed E-state index contributed by atoms with van der Waals surface area (Å²) in [5.41, 5.74) is 0.589. The van der Waals surface area contributed by atoms with Crippen molar-refractivity contribution in [2.45, 2.75) is 33.7 Å². The van der Waals surface area contributed by atoms with Crippen LogP contribution in [0.2, 0.25) is 0 Å². The summed E-state index contributed by atoms with van der Waals surface area (Å²) >= 11 is 0. The van der Waals surface area contributed by atoms with Gasteiger partial charge in [0.05, 0.1) is 16.9 Å². The molecule has 0 saturated carbocycles. The van der Waals surface area contributed by atoms with Crippen LogP contribution in [0.15, 0.2) is 59.9 Å². The highest BCUT2D eigenvalue weighted by atomic mass is 16.3. The van der Waals surface area contributed by atoms with Crippen molar-refractivity contribution in [3.05, 3.63) is 65.5 Å². The van der Waals surface area contributed by atoms with Gasteiger partial charge in [-0.15, -0.1) is 0 Å². The number of rotatable bonds is 6. The summed E-state index contributed by atoms with van der Waals surface area (Å²) in [5, 5.41) is 16.8. The van der Waals surface area contributed by atoms with Crippen molar-refractivity contribution in [1.29, 1.82) is 0 Å². The van der Waals surface area contributed by atoms with Crippen LogP contribution in [0.1, 0.15) is 38.1 Å². The Morgan fingerprint density at radius 2 is 1.58 bits per heavy atom. The molecule has 2 aromatic carbocycles. The maximum atomic E-state index is 13.4. The molecule has 174 valence electrons. The first kappa shape index (κ1) is 23.8. The van der Waals surface area contributed by atoms with Gasteiger partial charge in [0.25, 0.3) is 17.7 Å². The molecule has 0 radical (unpaired) electrons. The first-order valence-electron chi connectivity index (χ1n) is 10.7. The number of aromatic hydroxyl groups is 1. The summed E-state index contributed by atoms with van der Waals surface area (Å²) in [4.78, 5) is 41.6. The monoisotopic (exact) mass is 450 g/mol. The molecule has 1 aliphatic heterocycles. The molecule has 0 fully saturated rings. The predicted molar refractivity (Wildman–Crippen MR) is 128 cm³/mol. The minimum atomic E-state index is -0.557. The molecule has 3 amide bonds. The zero-order valence-electron chi connectivity index (χ0n) is 19.8. The van der Waals surface area contributed by atoms with E-state index in [0.717, 1.165) is 4.90 Å². The fourth-order valence-electron chi connectivity index (χ4n) is 3.22. The van der Waals surface area contributed by atoms with Crippen LogP contribution in [0, 0.1) is 5.41 Å². The topological polar surface area (TPSA) is 102 Å². The van der Waals surface area contributed by atoms with Gasteiger partial charge in [0.1, 0.15) is 11.4 Å². The van der Waals surface area contributed by atoms with Gasteiger partial charge in [0.15, 0.2) is 5.75 Å². The lowest BCUT2D eigenvalue weighted by Crippen LogP contribution is -2.41. The number of nitrogens with zero attached hydrogens (tertiary/aromatic N) is 2. The van der Waals surface area contributed by atoms with Gasteiger partial charge in [0, 0.05) is 20.1 Å². The summed E-state index contributed by atoms with van der Waals surface area (Å²) in [5.74, 6) is -1.74. The van der Waals surface area contributed by atoms with Crippen LogP contribution in [0.5, 0.6) is 5.75 Å². The Morgan fingerprint density at radius 1 is 0.970 bits per heavy atom. The van der Waals surface area contributed by atoms with Crippen molar-refractivity contribution in [3.8, 4) is 5.75 Å². The molecule has 3 rings (SSSR count). The lowest BCUT2D eigenvalue weighted by molar-refractivity contribution is -0.120. The Hall–Kier alpha value is -3.81. The van der Waals surface area contributed by atoms with Gasteiger partial charge in [-0.05, 0) is 36.6 Å². The molecular formula is C25H30N4O4. The van der Waals surface area contributed by atoms with Gasteiger partial charge >= 0.3 is 0 Å². The van der Waals surface area contributed by atoms with Crippen molar-refractivity contribution in [3.63, 3.8) is 0 Å². The van der Waals surface area contributed by atoms with E-state index in [9.17, 15) is 19.5 Å². The number of benzene rings is 2. The van der Waals surface area contributed by atoms with Gasteiger partial charge < -0.3 is 20.6 Å². The average Bonchev–Trinajstić information content (AvgIpc) is 2.98. The zero-order valence-corrected chi connectivity index (χ0v) is 19.8. The molecule has 0 spiro atoms. The highest BCUT2D eigenvalue weighted by Gasteiger charge is 2.41. The number of phenols is 1. The predicted octanol–water partition coefficient (Wildman–Crippen LogP) is 3.32. The van der Waals surface area contributed by atoms with Crippen LogP contribution in [-0.4, -0.2) is 47.9 Å². The molecule has 0 bridgehead atoms. The zero-order chi connectivity index (χ0) is 24.5. The Kier molecular flexibility index (Phi) is 6.48. The molecule has 0 aliphatic carbocycles. The van der Waals surface area contributed by atoms with Crippen molar-refractivity contribution < 1.29 is 19.5 Å². The Bertz CT molecular complexity index is 1120. The summed E-state index contributed by atoms with van der Waals surface area (Å²) in [7, 11) is 3.16. The van der Waals surface area contributed by atoms with Crippen LogP contribution in [-0.2, 0) is 9.59 Å². The number of carbonyl (C=O) groups is 3. The third-order valence-electron chi connectivity index (χ3n) is 5.69. The molecule has 1 aliphatic rings. The Balaban J connectivity index is 2.07. The molecular weight excluding hydrogens is 420 g/mol. The maximum Gasteiger partial charge on any atom is 0.284 e. The molecule has 0 aromatic heterocycles. The van der Waals surface area contributed by atoms with Crippen molar-refractivity contribution >= 4 is 29.1 Å². The number of imide groups is 1. The Morgan fingerprint density at radius 3 is 2.15 bits per heavy atom. The van der Waals surface area contributed by atoms with E-state index in [1.165, 1.54) is 11.0 Å². The minimum Gasteiger partial charge on any atom is -0.505 e. The third kappa shape index (κ3) is 4.69. The summed E-state index contributed by atoms with van der Waals surface area (Å²) in [6.07, 6.45) is 0. The lowest BCUT2D eigenvalue weighted by Gasteiger charge is -2.29. The van der Waals surface area contributed by atoms with E-state index in [2.05, 4.69) is 10.6 Å². The van der Waals surface area contributed by atoms with E-state index in [-0.39, 0.29) is 45.8 Å². The van der Waals surface area contributed by atoms with E-state index >= 15 is 0 Å². The number of phenolic OH excluding ortho intramolecular Hbond substituents is 1. The Labute approximate surface area is 193 Å². The molecule has 0 unspecified atom stereocenters. The third-order valence-corrected chi connectivity index (χ3v) is 5.69. The summed E-state index contributed by atoms with van der Waals surface area (Å²) in [6, 6.07) is 13.1. The van der Waals surface area contributed by atoms with E-state index in [1.54, 1.807) is 56.6 Å². The SMILES string of the molecule is C[C@H](NC1=C(Nc2cccc(C(=O)N(C)C)c2O)C(=O)N(c2ccccc2)C1=O)C(C)(C)C. The fourth-order valence-corrected chi connectivity index (χ4v) is 3.22. The number of hydrogen-bond donors (Lipinski definition) is 3. The van der Waals surface area contributed by atoms with Crippen LogP contribution >= 0.6 is 0 Å². The first-order chi connectivity index (χ1) is 15.4. The van der Waals surface area contributed by atoms with Crippen molar-refractivity contribution in [2.24, 2.45) is 5.41 Å². The van der Waals surface area contributed by atoms with E-state index in [0.29, 0.717) is 5.69 Å². The van der Waals surface area contributed by atoms with E-state index in [1.807, 2.05) is 27.7 Å². The van der Waals surface area contributed by atoms with Crippen molar-refractivity contribution in [1.82, 2.24) is 10.2 Å². The standard InChI is InChI=1S/C25H30N4O4/c1-15(25(2,3)4)26-19-20(24(33)29(23(19)32)16-11-8-7-9-12-16)27-18-14-10-13-17(21(18)30)22(31)28(5)6/h7-15,26-27,30H,1-6H3/t15-/m0/s1. The summed E-state index contributed by atoms with van der Waals surface area (Å²) < 4.78 is 0. The van der Waals surface area contributed by atoms with Crippen molar-refractivity contribution in [2.75, 3.05) is 24.3 Å². The second kappa shape index (κ2) is 8.97. The fraction of sp³-hybridized carbons (Fsp3) is 0.320. The van der Waals surface area contributed by atoms with Crippen LogP contribution in [0.25, 0.3) is 0 Å². The molecule has 8 nitrogen and oxygen atoms in total. The number of amides is 3. The quantitative estimate of drug-likeness (QED) is 0.461.